The zero-order chi connectivity index (χ0) is 16.1. The predicted molar refractivity (Wildman–Crippen MR) is 95.8 cm³/mol. The van der Waals surface area contributed by atoms with Crippen molar-refractivity contribution in [3.05, 3.63) is 35.1 Å². The van der Waals surface area contributed by atoms with Gasteiger partial charge in [-0.1, -0.05) is 0 Å². The first-order chi connectivity index (χ1) is 11.8. The lowest BCUT2D eigenvalue weighted by molar-refractivity contribution is 0.541. The van der Waals surface area contributed by atoms with E-state index in [2.05, 4.69) is 33.4 Å². The summed E-state index contributed by atoms with van der Waals surface area (Å²) in [6.45, 7) is 3.98. The molecule has 122 valence electrons. The van der Waals surface area contributed by atoms with Crippen molar-refractivity contribution in [2.24, 2.45) is 0 Å². The lowest BCUT2D eigenvalue weighted by atomic mass is 10.1. The van der Waals surface area contributed by atoms with E-state index in [0.717, 1.165) is 40.8 Å². The van der Waals surface area contributed by atoms with Crippen molar-refractivity contribution in [2.45, 2.75) is 31.7 Å². The molecule has 5 rings (SSSR count). The number of nitrogens with zero attached hydrogens (tertiary/aromatic N) is 5. The second kappa shape index (κ2) is 5.37. The van der Waals surface area contributed by atoms with Crippen LogP contribution in [0.5, 0.6) is 0 Å². The van der Waals surface area contributed by atoms with E-state index in [1.165, 1.54) is 17.7 Å². The summed E-state index contributed by atoms with van der Waals surface area (Å²) in [4.78, 5) is 14.2. The number of hydrogen-bond acceptors (Lipinski definition) is 7. The van der Waals surface area contributed by atoms with E-state index in [1.54, 1.807) is 17.5 Å². The van der Waals surface area contributed by atoms with Gasteiger partial charge in [0, 0.05) is 30.1 Å². The van der Waals surface area contributed by atoms with Gasteiger partial charge in [0.1, 0.15) is 16.5 Å². The van der Waals surface area contributed by atoms with Crippen LogP contribution in [0.25, 0.3) is 10.2 Å². The van der Waals surface area contributed by atoms with Crippen LogP contribution in [0.4, 0.5) is 11.6 Å². The molecule has 0 atom stereocenters. The summed E-state index contributed by atoms with van der Waals surface area (Å²) >= 11 is 1.76. The minimum atomic E-state index is 0.386. The molecular formula is C17H18N6S. The van der Waals surface area contributed by atoms with Gasteiger partial charge in [0.2, 0.25) is 0 Å². The fourth-order valence-electron chi connectivity index (χ4n) is 3.10. The molecule has 2 fully saturated rings. The van der Waals surface area contributed by atoms with Crippen LogP contribution in [0.15, 0.2) is 24.4 Å². The molecule has 1 saturated carbocycles. The quantitative estimate of drug-likeness (QED) is 0.789. The molecule has 0 spiro atoms. The van der Waals surface area contributed by atoms with Crippen LogP contribution >= 0.6 is 11.3 Å². The van der Waals surface area contributed by atoms with Gasteiger partial charge in [0.05, 0.1) is 11.4 Å². The largest absolute Gasteiger partial charge is 0.363 e. The topological polar surface area (TPSA) is 66.8 Å². The molecule has 3 aromatic heterocycles. The number of hydrogen-bond donors (Lipinski definition) is 1. The van der Waals surface area contributed by atoms with Gasteiger partial charge in [-0.05, 0) is 38.0 Å². The molecule has 7 heteroatoms. The third-order valence-corrected chi connectivity index (χ3v) is 5.52. The Balaban J connectivity index is 1.37. The van der Waals surface area contributed by atoms with Gasteiger partial charge in [-0.25, -0.2) is 9.97 Å². The lowest BCUT2D eigenvalue weighted by Gasteiger charge is -2.40. The molecule has 1 saturated heterocycles. The van der Waals surface area contributed by atoms with Crippen molar-refractivity contribution < 1.29 is 0 Å². The molecule has 4 heterocycles. The highest BCUT2D eigenvalue weighted by Gasteiger charge is 2.31. The maximum atomic E-state index is 4.83. The molecule has 0 radical (unpaired) electrons. The van der Waals surface area contributed by atoms with Crippen molar-refractivity contribution >= 4 is 33.2 Å². The molecule has 1 aliphatic carbocycles. The average molecular weight is 338 g/mol. The van der Waals surface area contributed by atoms with Gasteiger partial charge < -0.3 is 10.2 Å². The van der Waals surface area contributed by atoms with Gasteiger partial charge in [0.25, 0.3) is 0 Å². The lowest BCUT2D eigenvalue weighted by Crippen LogP contribution is -2.55. The van der Waals surface area contributed by atoms with Crippen molar-refractivity contribution in [1.29, 1.82) is 0 Å². The summed E-state index contributed by atoms with van der Waals surface area (Å²) in [5.74, 6) is 3.51. The Morgan fingerprint density at radius 3 is 2.88 bits per heavy atom. The summed E-state index contributed by atoms with van der Waals surface area (Å²) in [7, 11) is 0. The maximum Gasteiger partial charge on any atom is 0.151 e. The molecule has 6 nitrogen and oxygen atoms in total. The average Bonchev–Trinajstić information content (AvgIpc) is 3.32. The summed E-state index contributed by atoms with van der Waals surface area (Å²) < 4.78 is 0. The van der Waals surface area contributed by atoms with E-state index in [0.29, 0.717) is 12.0 Å². The van der Waals surface area contributed by atoms with Crippen LogP contribution in [0, 0.1) is 6.92 Å². The first-order valence-electron chi connectivity index (χ1n) is 8.33. The van der Waals surface area contributed by atoms with E-state index in [1.807, 2.05) is 12.1 Å². The predicted octanol–water partition coefficient (Wildman–Crippen LogP) is 2.97. The summed E-state index contributed by atoms with van der Waals surface area (Å²) in [6.07, 6.45) is 4.15. The Bertz CT molecular complexity index is 883. The zero-order valence-electron chi connectivity index (χ0n) is 13.4. The number of anilines is 2. The van der Waals surface area contributed by atoms with Crippen LogP contribution in [-0.2, 0) is 0 Å². The molecule has 2 aliphatic rings. The van der Waals surface area contributed by atoms with E-state index in [9.17, 15) is 0 Å². The Hall–Kier alpha value is -2.28. The monoisotopic (exact) mass is 338 g/mol. The molecule has 3 aromatic rings. The zero-order valence-corrected chi connectivity index (χ0v) is 14.3. The SMILES string of the molecule is Cc1cc2c(NC3CN(c4cccnn4)C3)nc(C3CC3)nc2s1. The molecule has 0 unspecified atom stereocenters. The normalized spacial score (nSPS) is 18.0. The maximum absolute atomic E-state index is 4.83. The second-order valence-corrected chi connectivity index (χ2v) is 7.84. The third kappa shape index (κ3) is 2.49. The fraction of sp³-hybridized carbons (Fsp3) is 0.412. The van der Waals surface area contributed by atoms with Gasteiger partial charge >= 0.3 is 0 Å². The summed E-state index contributed by atoms with van der Waals surface area (Å²) in [5.41, 5.74) is 0. The smallest absolute Gasteiger partial charge is 0.151 e. The number of aromatic nitrogens is 4. The van der Waals surface area contributed by atoms with Crippen molar-refractivity contribution in [3.63, 3.8) is 0 Å². The van der Waals surface area contributed by atoms with Crippen molar-refractivity contribution in [3.8, 4) is 0 Å². The standard InChI is InChI=1S/C17H18N6S/c1-10-7-13-16(20-15(11-4-5-11)21-17(13)24-10)19-12-8-23(9-12)14-3-2-6-18-22-14/h2-3,6-7,11-12H,4-5,8-9H2,1H3,(H,19,20,21). The highest BCUT2D eigenvalue weighted by atomic mass is 32.1. The molecule has 1 aliphatic heterocycles. The first kappa shape index (κ1) is 14.1. The molecule has 0 aromatic carbocycles. The van der Waals surface area contributed by atoms with Crippen LogP contribution in [0.3, 0.4) is 0 Å². The molecular weight excluding hydrogens is 320 g/mol. The van der Waals surface area contributed by atoms with Crippen LogP contribution in [-0.4, -0.2) is 39.3 Å². The number of aryl methyl sites for hydroxylation is 1. The minimum absolute atomic E-state index is 0.386. The van der Waals surface area contributed by atoms with Gasteiger partial charge in [-0.15, -0.1) is 16.4 Å². The fourth-order valence-corrected chi connectivity index (χ4v) is 3.99. The molecule has 1 N–H and O–H groups in total. The molecule has 24 heavy (non-hydrogen) atoms. The highest BCUT2D eigenvalue weighted by Crippen LogP contribution is 2.40. The Morgan fingerprint density at radius 1 is 1.25 bits per heavy atom. The second-order valence-electron chi connectivity index (χ2n) is 6.61. The molecule has 0 amide bonds. The highest BCUT2D eigenvalue weighted by molar-refractivity contribution is 7.18. The van der Waals surface area contributed by atoms with Crippen LogP contribution in [0.1, 0.15) is 29.5 Å². The Morgan fingerprint density at radius 2 is 2.12 bits per heavy atom. The Labute approximate surface area is 144 Å². The van der Waals surface area contributed by atoms with E-state index in [4.69, 9.17) is 9.97 Å². The number of fused-ring (bicyclic) bond motifs is 1. The Kier molecular flexibility index (Phi) is 3.16. The number of rotatable bonds is 4. The summed E-state index contributed by atoms with van der Waals surface area (Å²) in [5, 5.41) is 12.9. The summed E-state index contributed by atoms with van der Waals surface area (Å²) in [6, 6.07) is 6.50. The van der Waals surface area contributed by atoms with Gasteiger partial charge in [0.15, 0.2) is 5.82 Å². The minimum Gasteiger partial charge on any atom is -0.363 e. The van der Waals surface area contributed by atoms with Gasteiger partial charge in [-0.3, -0.25) is 0 Å². The first-order valence-corrected chi connectivity index (χ1v) is 9.15. The van der Waals surface area contributed by atoms with Crippen LogP contribution < -0.4 is 10.2 Å². The number of thiophene rings is 1. The van der Waals surface area contributed by atoms with Crippen molar-refractivity contribution in [1.82, 2.24) is 20.2 Å². The van der Waals surface area contributed by atoms with E-state index in [-0.39, 0.29) is 0 Å². The third-order valence-electron chi connectivity index (χ3n) is 4.58. The van der Waals surface area contributed by atoms with Crippen LogP contribution in [0.2, 0.25) is 0 Å². The van der Waals surface area contributed by atoms with Gasteiger partial charge in [-0.2, -0.15) is 5.10 Å². The molecule has 0 bridgehead atoms. The van der Waals surface area contributed by atoms with Crippen molar-refractivity contribution in [2.75, 3.05) is 23.3 Å². The number of nitrogens with one attached hydrogen (secondary N) is 1. The van der Waals surface area contributed by atoms with E-state index < -0.39 is 0 Å². The van der Waals surface area contributed by atoms with E-state index >= 15 is 0 Å².